The minimum atomic E-state index is -3.91. The molecule has 3 aromatic rings. The van der Waals surface area contributed by atoms with Gasteiger partial charge in [-0.25, -0.2) is 8.42 Å². The Labute approximate surface area is 183 Å². The van der Waals surface area contributed by atoms with Gasteiger partial charge < -0.3 is 9.47 Å². The largest absolute Gasteiger partial charge is 0.496 e. The maximum absolute atomic E-state index is 12.8. The number of methoxy groups -OCH3 is 1. The van der Waals surface area contributed by atoms with E-state index in [1.54, 1.807) is 43.5 Å². The highest BCUT2D eigenvalue weighted by Gasteiger charge is 2.20. The Morgan fingerprint density at radius 1 is 1.00 bits per heavy atom. The van der Waals surface area contributed by atoms with Crippen LogP contribution in [-0.2, 0) is 16.4 Å². The number of nitriles is 1. The predicted molar refractivity (Wildman–Crippen MR) is 120 cm³/mol. The quantitative estimate of drug-likeness (QED) is 0.477. The third kappa shape index (κ3) is 4.96. The van der Waals surface area contributed by atoms with Crippen LogP contribution in [0.25, 0.3) is 6.08 Å². The van der Waals surface area contributed by atoms with Crippen LogP contribution >= 0.6 is 0 Å². The van der Waals surface area contributed by atoms with Gasteiger partial charge in [0.05, 0.1) is 12.0 Å². The molecule has 0 saturated carbocycles. The molecule has 3 aromatic carbocycles. The molecule has 0 atom stereocenters. The van der Waals surface area contributed by atoms with Crippen molar-refractivity contribution in [3.8, 4) is 17.6 Å². The van der Waals surface area contributed by atoms with E-state index in [1.807, 2.05) is 38.1 Å². The number of allylic oxidation sites excluding steroid dienone is 1. The number of para-hydroxylation sites is 1. The smallest absolute Gasteiger partial charge is 0.216 e. The maximum Gasteiger partial charge on any atom is 0.216 e. The molecule has 0 saturated heterocycles. The normalized spacial score (nSPS) is 11.6. The van der Waals surface area contributed by atoms with Crippen molar-refractivity contribution in [2.24, 2.45) is 0 Å². The Morgan fingerprint density at radius 2 is 1.68 bits per heavy atom. The van der Waals surface area contributed by atoms with E-state index < -0.39 is 9.84 Å². The third-order valence-corrected chi connectivity index (χ3v) is 6.52. The van der Waals surface area contributed by atoms with Crippen LogP contribution in [-0.4, -0.2) is 15.5 Å². The van der Waals surface area contributed by atoms with E-state index in [-0.39, 0.29) is 16.4 Å². The van der Waals surface area contributed by atoms with Crippen molar-refractivity contribution >= 4 is 15.9 Å². The number of aryl methyl sites for hydroxylation is 2. The Hall–Kier alpha value is -3.56. The van der Waals surface area contributed by atoms with E-state index >= 15 is 0 Å². The van der Waals surface area contributed by atoms with Crippen molar-refractivity contribution in [3.05, 3.63) is 93.9 Å². The minimum Gasteiger partial charge on any atom is -0.496 e. The first-order chi connectivity index (χ1) is 14.9. The second-order valence-electron chi connectivity index (χ2n) is 7.02. The van der Waals surface area contributed by atoms with Crippen LogP contribution in [0.2, 0.25) is 0 Å². The van der Waals surface area contributed by atoms with Crippen LogP contribution in [0, 0.1) is 25.2 Å². The highest BCUT2D eigenvalue weighted by molar-refractivity contribution is 7.95. The first kappa shape index (κ1) is 22.1. The molecule has 0 aliphatic rings. The van der Waals surface area contributed by atoms with E-state index in [2.05, 4.69) is 0 Å². The molecule has 6 heteroatoms. The van der Waals surface area contributed by atoms with Gasteiger partial charge in [0.2, 0.25) is 9.84 Å². The van der Waals surface area contributed by atoms with E-state index in [0.717, 1.165) is 22.4 Å². The standard InChI is InChI=1S/C25H23NO4S/c1-18-8-7-9-19(2)25(18)30-17-21-14-20(12-13-24(21)29-3)15-23(16-26)31(27,28)22-10-5-4-6-11-22/h4-15H,17H2,1-3H3/b23-15+. The summed E-state index contributed by atoms with van der Waals surface area (Å²) in [5.41, 5.74) is 3.36. The molecule has 3 rings (SSSR count). The van der Waals surface area contributed by atoms with Crippen LogP contribution in [0.15, 0.2) is 76.5 Å². The molecule has 158 valence electrons. The monoisotopic (exact) mass is 433 g/mol. The van der Waals surface area contributed by atoms with E-state index in [4.69, 9.17) is 9.47 Å². The van der Waals surface area contributed by atoms with Crippen molar-refractivity contribution in [1.82, 2.24) is 0 Å². The average Bonchev–Trinajstić information content (AvgIpc) is 2.77. The lowest BCUT2D eigenvalue weighted by atomic mass is 10.1. The van der Waals surface area contributed by atoms with Crippen LogP contribution in [0.5, 0.6) is 11.5 Å². The number of nitrogens with zero attached hydrogens (tertiary/aromatic N) is 1. The Morgan fingerprint density at radius 3 is 2.29 bits per heavy atom. The predicted octanol–water partition coefficient (Wildman–Crippen LogP) is 5.23. The summed E-state index contributed by atoms with van der Waals surface area (Å²) in [7, 11) is -2.34. The Kier molecular flexibility index (Phi) is 6.78. The first-order valence-electron chi connectivity index (χ1n) is 9.64. The van der Waals surface area contributed by atoms with Crippen molar-refractivity contribution in [1.29, 1.82) is 5.26 Å². The molecule has 0 aliphatic carbocycles. The molecular formula is C25H23NO4S. The number of ether oxygens (including phenoxy) is 2. The Bertz CT molecular complexity index is 1240. The molecule has 0 bridgehead atoms. The van der Waals surface area contributed by atoms with Crippen LogP contribution in [0.3, 0.4) is 0 Å². The zero-order valence-corrected chi connectivity index (χ0v) is 18.4. The fourth-order valence-electron chi connectivity index (χ4n) is 3.23. The third-order valence-electron chi connectivity index (χ3n) is 4.84. The molecule has 0 aliphatic heterocycles. The maximum atomic E-state index is 12.8. The minimum absolute atomic E-state index is 0.0786. The van der Waals surface area contributed by atoms with Gasteiger partial charge >= 0.3 is 0 Å². The second-order valence-corrected chi connectivity index (χ2v) is 8.94. The van der Waals surface area contributed by atoms with Crippen LogP contribution in [0.1, 0.15) is 22.3 Å². The Balaban J connectivity index is 1.95. The topological polar surface area (TPSA) is 76.4 Å². The van der Waals surface area contributed by atoms with Crippen molar-refractivity contribution in [2.75, 3.05) is 7.11 Å². The second kappa shape index (κ2) is 9.50. The van der Waals surface area contributed by atoms with Gasteiger partial charge in [-0.15, -0.1) is 0 Å². The summed E-state index contributed by atoms with van der Waals surface area (Å²) in [6.07, 6.45) is 1.37. The van der Waals surface area contributed by atoms with Crippen LogP contribution < -0.4 is 9.47 Å². The summed E-state index contributed by atoms with van der Waals surface area (Å²) in [6, 6.07) is 20.9. The molecule has 0 radical (unpaired) electrons. The van der Waals surface area contributed by atoms with Crippen molar-refractivity contribution < 1.29 is 17.9 Å². The molecule has 5 nitrogen and oxygen atoms in total. The lowest BCUT2D eigenvalue weighted by Crippen LogP contribution is -2.04. The summed E-state index contributed by atoms with van der Waals surface area (Å²) < 4.78 is 37.1. The van der Waals surface area contributed by atoms with Gasteiger partial charge in [0.25, 0.3) is 0 Å². The lowest BCUT2D eigenvalue weighted by Gasteiger charge is -2.14. The van der Waals surface area contributed by atoms with Gasteiger partial charge in [0, 0.05) is 5.56 Å². The molecule has 31 heavy (non-hydrogen) atoms. The molecule has 0 aromatic heterocycles. The molecular weight excluding hydrogens is 410 g/mol. The highest BCUT2D eigenvalue weighted by Crippen LogP contribution is 2.28. The number of hydrogen-bond donors (Lipinski definition) is 0. The first-order valence-corrected chi connectivity index (χ1v) is 11.1. The molecule has 0 heterocycles. The van der Waals surface area contributed by atoms with Gasteiger partial charge in [-0.05, 0) is 60.9 Å². The number of sulfone groups is 1. The van der Waals surface area contributed by atoms with Gasteiger partial charge in [-0.1, -0.05) is 42.5 Å². The number of rotatable bonds is 7. The van der Waals surface area contributed by atoms with Crippen molar-refractivity contribution in [2.45, 2.75) is 25.3 Å². The SMILES string of the molecule is COc1ccc(/C=C(\C#N)S(=O)(=O)c2ccccc2)cc1COc1c(C)cccc1C. The van der Waals surface area contributed by atoms with Crippen LogP contribution in [0.4, 0.5) is 0 Å². The summed E-state index contributed by atoms with van der Waals surface area (Å²) >= 11 is 0. The summed E-state index contributed by atoms with van der Waals surface area (Å²) in [4.78, 5) is -0.250. The fraction of sp³-hybridized carbons (Fsp3) is 0.160. The van der Waals surface area contributed by atoms with E-state index in [0.29, 0.717) is 11.3 Å². The molecule has 0 amide bonds. The van der Waals surface area contributed by atoms with Gasteiger partial charge in [0.15, 0.2) is 0 Å². The lowest BCUT2D eigenvalue weighted by molar-refractivity contribution is 0.293. The summed E-state index contributed by atoms with van der Waals surface area (Å²) in [5, 5.41) is 9.52. The van der Waals surface area contributed by atoms with Crippen molar-refractivity contribution in [3.63, 3.8) is 0 Å². The molecule has 0 unspecified atom stereocenters. The number of hydrogen-bond acceptors (Lipinski definition) is 5. The summed E-state index contributed by atoms with van der Waals surface area (Å²) in [6.45, 7) is 4.20. The zero-order chi connectivity index (χ0) is 22.4. The van der Waals surface area contributed by atoms with E-state index in [9.17, 15) is 13.7 Å². The fourth-order valence-corrected chi connectivity index (χ4v) is 4.41. The summed E-state index contributed by atoms with van der Waals surface area (Å²) in [5.74, 6) is 1.42. The van der Waals surface area contributed by atoms with Gasteiger partial charge in [-0.2, -0.15) is 5.26 Å². The zero-order valence-electron chi connectivity index (χ0n) is 17.6. The average molecular weight is 434 g/mol. The van der Waals surface area contributed by atoms with E-state index in [1.165, 1.54) is 18.2 Å². The van der Waals surface area contributed by atoms with Gasteiger partial charge in [0.1, 0.15) is 29.1 Å². The molecule has 0 spiro atoms. The highest BCUT2D eigenvalue weighted by atomic mass is 32.2. The van der Waals surface area contributed by atoms with Gasteiger partial charge in [-0.3, -0.25) is 0 Å². The molecule has 0 fully saturated rings. The number of benzene rings is 3. The molecule has 0 N–H and O–H groups in total.